The van der Waals surface area contributed by atoms with Crippen LogP contribution in [0.2, 0.25) is 0 Å². The van der Waals surface area contributed by atoms with Crippen LogP contribution in [0.4, 0.5) is 0 Å². The lowest BCUT2D eigenvalue weighted by molar-refractivity contribution is 0.0763. The van der Waals surface area contributed by atoms with E-state index in [4.69, 9.17) is 13.8 Å². The van der Waals surface area contributed by atoms with Gasteiger partial charge in [-0.15, -0.1) is 4.13 Å². The maximum atomic E-state index is 12.8. The maximum Gasteiger partial charge on any atom is 0.461 e. The molecule has 0 radical (unpaired) electrons. The molecule has 8 heteroatoms. The topological polar surface area (TPSA) is 60.4 Å². The summed E-state index contributed by atoms with van der Waals surface area (Å²) < 4.78 is 35.5. The summed E-state index contributed by atoms with van der Waals surface area (Å²) in [5.74, 6) is 0. The van der Waals surface area contributed by atoms with Gasteiger partial charge in [-0.3, -0.25) is 9.05 Å². The molecule has 0 aromatic heterocycles. The van der Waals surface area contributed by atoms with Crippen molar-refractivity contribution < 1.29 is 18.3 Å². The highest BCUT2D eigenvalue weighted by Gasteiger charge is 2.27. The second-order valence-corrected chi connectivity index (χ2v) is 8.13. The monoisotopic (exact) mass is 346 g/mol. The van der Waals surface area contributed by atoms with Crippen LogP contribution in [-0.4, -0.2) is 43.8 Å². The molecule has 124 valence electrons. The van der Waals surface area contributed by atoms with Crippen LogP contribution < -0.4 is 0 Å². The van der Waals surface area contributed by atoms with Gasteiger partial charge >= 0.3 is 7.75 Å². The fourth-order valence-corrected chi connectivity index (χ4v) is 5.86. The first-order valence-electron chi connectivity index (χ1n) is 7.43. The second-order valence-electron chi connectivity index (χ2n) is 4.50. The molecule has 1 atom stereocenters. The minimum Gasteiger partial charge on any atom is -0.379 e. The molecular formula is C14H23N2O4PS. The summed E-state index contributed by atoms with van der Waals surface area (Å²) in [6.07, 6.45) is 0. The van der Waals surface area contributed by atoms with Crippen LogP contribution >= 0.6 is 7.75 Å². The smallest absolute Gasteiger partial charge is 0.379 e. The highest BCUT2D eigenvalue weighted by Crippen LogP contribution is 2.51. The lowest BCUT2D eigenvalue weighted by Crippen LogP contribution is -2.37. The molecule has 1 heterocycles. The van der Waals surface area contributed by atoms with Gasteiger partial charge in [0, 0.05) is 28.9 Å². The van der Waals surface area contributed by atoms with Crippen LogP contribution in [0.1, 0.15) is 13.8 Å². The first-order valence-corrected chi connectivity index (χ1v) is 10.1. The third-order valence-electron chi connectivity index (χ3n) is 2.93. The quantitative estimate of drug-likeness (QED) is 0.709. The van der Waals surface area contributed by atoms with E-state index < -0.39 is 18.6 Å². The molecule has 0 bridgehead atoms. The van der Waals surface area contributed by atoms with Crippen LogP contribution in [0.5, 0.6) is 0 Å². The zero-order valence-corrected chi connectivity index (χ0v) is 14.7. The van der Waals surface area contributed by atoms with Crippen LogP contribution in [0.3, 0.4) is 0 Å². The van der Waals surface area contributed by atoms with Crippen molar-refractivity contribution in [1.29, 1.82) is 0 Å². The van der Waals surface area contributed by atoms with Gasteiger partial charge in [-0.05, 0) is 26.0 Å². The van der Waals surface area contributed by atoms with Gasteiger partial charge in [-0.2, -0.15) is 0 Å². The molecule has 0 aliphatic carbocycles. The first kappa shape index (κ1) is 17.8. The van der Waals surface area contributed by atoms with Crippen LogP contribution in [0.15, 0.2) is 39.4 Å². The summed E-state index contributed by atoms with van der Waals surface area (Å²) in [5, 5.41) is 0. The third-order valence-corrected chi connectivity index (χ3v) is 7.07. The van der Waals surface area contributed by atoms with Crippen molar-refractivity contribution in [3.63, 3.8) is 0 Å². The van der Waals surface area contributed by atoms with Gasteiger partial charge in [0.2, 0.25) is 0 Å². The van der Waals surface area contributed by atoms with E-state index in [1.54, 1.807) is 13.8 Å². The van der Waals surface area contributed by atoms with Crippen LogP contribution in [0.25, 0.3) is 0 Å². The summed E-state index contributed by atoms with van der Waals surface area (Å²) in [6.45, 7) is 6.98. The Hall–Kier alpha value is -0.560. The minimum absolute atomic E-state index is 0.301. The Morgan fingerprint density at radius 3 is 2.32 bits per heavy atom. The minimum atomic E-state index is -3.45. The zero-order valence-electron chi connectivity index (χ0n) is 13.0. The van der Waals surface area contributed by atoms with E-state index in [1.807, 2.05) is 30.3 Å². The molecule has 6 nitrogen and oxygen atoms in total. The molecule has 1 saturated heterocycles. The van der Waals surface area contributed by atoms with Crippen LogP contribution in [-0.2, 0) is 29.2 Å². The standard InChI is InChI=1S/C14H23N2O4PS/c1-3-19-21(17,20-4-2)15-22(14-8-6-5-7-9-14)16-10-12-18-13-11-16/h5-9H,3-4,10-13H2,1-2H3. The molecule has 0 saturated carbocycles. The van der Waals surface area contributed by atoms with Crippen molar-refractivity contribution in [2.75, 3.05) is 39.5 Å². The molecule has 2 rings (SSSR count). The number of benzene rings is 1. The molecule has 1 unspecified atom stereocenters. The fraction of sp³-hybridized carbons (Fsp3) is 0.571. The summed E-state index contributed by atoms with van der Waals surface area (Å²) >= 11 is 0. The van der Waals surface area contributed by atoms with Gasteiger partial charge in [-0.25, -0.2) is 8.87 Å². The molecular weight excluding hydrogens is 323 g/mol. The van der Waals surface area contributed by atoms with E-state index in [1.165, 1.54) is 0 Å². The Labute approximate surface area is 134 Å². The summed E-state index contributed by atoms with van der Waals surface area (Å²) in [6, 6.07) is 9.85. The zero-order chi connectivity index (χ0) is 15.8. The van der Waals surface area contributed by atoms with E-state index in [2.05, 4.69) is 8.44 Å². The number of rotatable bonds is 7. The molecule has 0 N–H and O–H groups in total. The largest absolute Gasteiger partial charge is 0.461 e. The Bertz CT molecular complexity index is 525. The number of nitrogens with zero attached hydrogens (tertiary/aromatic N) is 2. The lowest BCUT2D eigenvalue weighted by atomic mass is 10.4. The number of ether oxygens (including phenoxy) is 1. The normalized spacial score (nSPS) is 18.5. The fourth-order valence-electron chi connectivity index (χ4n) is 2.02. The van der Waals surface area contributed by atoms with Crippen molar-refractivity contribution in [3.05, 3.63) is 30.3 Å². The third kappa shape index (κ3) is 4.98. The van der Waals surface area contributed by atoms with Crippen molar-refractivity contribution in [3.8, 4) is 0 Å². The van der Waals surface area contributed by atoms with Gasteiger partial charge < -0.3 is 4.74 Å². The highest BCUT2D eigenvalue weighted by atomic mass is 32.2. The number of hydrogen-bond donors (Lipinski definition) is 0. The summed E-state index contributed by atoms with van der Waals surface area (Å²) in [7, 11) is -4.13. The van der Waals surface area contributed by atoms with Gasteiger partial charge in [0.1, 0.15) is 0 Å². The van der Waals surface area contributed by atoms with Crippen molar-refractivity contribution >= 4 is 18.6 Å². The Kier molecular flexibility index (Phi) is 7.21. The summed E-state index contributed by atoms with van der Waals surface area (Å²) in [4.78, 5) is 1.00. The average Bonchev–Trinajstić information content (AvgIpc) is 2.55. The average molecular weight is 346 g/mol. The Morgan fingerprint density at radius 1 is 1.18 bits per heavy atom. The summed E-state index contributed by atoms with van der Waals surface area (Å²) in [5.41, 5.74) is 0. The first-order chi connectivity index (χ1) is 10.7. The Balaban J connectivity index is 2.37. The molecule has 1 aliphatic rings. The molecule has 1 aromatic carbocycles. The predicted octanol–water partition coefficient (Wildman–Crippen LogP) is 3.28. The predicted molar refractivity (Wildman–Crippen MR) is 87.8 cm³/mol. The van der Waals surface area contributed by atoms with E-state index in [-0.39, 0.29) is 0 Å². The number of morpholine rings is 1. The van der Waals surface area contributed by atoms with Crippen molar-refractivity contribution in [1.82, 2.24) is 4.31 Å². The van der Waals surface area contributed by atoms with E-state index in [0.717, 1.165) is 18.0 Å². The molecule has 1 fully saturated rings. The SMILES string of the molecule is CCOP(=O)(N=S(c1ccccc1)N1CCOCC1)OCC. The van der Waals surface area contributed by atoms with Gasteiger partial charge in [0.25, 0.3) is 0 Å². The second kappa shape index (κ2) is 8.91. The van der Waals surface area contributed by atoms with Crippen molar-refractivity contribution in [2.24, 2.45) is 4.13 Å². The lowest BCUT2D eigenvalue weighted by Gasteiger charge is -2.29. The van der Waals surface area contributed by atoms with E-state index in [9.17, 15) is 4.57 Å². The van der Waals surface area contributed by atoms with Crippen molar-refractivity contribution in [2.45, 2.75) is 18.7 Å². The van der Waals surface area contributed by atoms with Gasteiger partial charge in [-0.1, -0.05) is 18.2 Å². The molecule has 0 spiro atoms. The van der Waals surface area contributed by atoms with E-state index >= 15 is 0 Å². The molecule has 0 amide bonds. The van der Waals surface area contributed by atoms with E-state index in [0.29, 0.717) is 26.4 Å². The molecule has 22 heavy (non-hydrogen) atoms. The number of hydrogen-bond acceptors (Lipinski definition) is 4. The van der Waals surface area contributed by atoms with Gasteiger partial charge in [0.05, 0.1) is 26.4 Å². The van der Waals surface area contributed by atoms with Crippen LogP contribution in [0, 0.1) is 0 Å². The highest BCUT2D eigenvalue weighted by molar-refractivity contribution is 7.88. The molecule has 1 aliphatic heterocycles. The maximum absolute atomic E-state index is 12.8. The van der Waals surface area contributed by atoms with Gasteiger partial charge in [0.15, 0.2) is 0 Å². The molecule has 1 aromatic rings. The Morgan fingerprint density at radius 2 is 1.77 bits per heavy atom.